The van der Waals surface area contributed by atoms with Gasteiger partial charge in [0.25, 0.3) is 0 Å². The normalized spacial score (nSPS) is 4.29. The Balaban J connectivity index is -0.0000000150. The first-order valence-corrected chi connectivity index (χ1v) is 1.71. The summed E-state index contributed by atoms with van der Waals surface area (Å²) >= 11 is 0. The van der Waals surface area contributed by atoms with E-state index in [4.69, 9.17) is 0 Å². The Hall–Kier alpha value is 1.59. The second-order valence-corrected chi connectivity index (χ2v) is 0.854. The second-order valence-electron chi connectivity index (χ2n) is 0.854. The van der Waals surface area contributed by atoms with Crippen molar-refractivity contribution in [3.63, 3.8) is 0 Å². The van der Waals surface area contributed by atoms with Gasteiger partial charge < -0.3 is 19.3 Å². The summed E-state index contributed by atoms with van der Waals surface area (Å²) in [7, 11) is 0. The Labute approximate surface area is 79.1 Å². The minimum absolute atomic E-state index is 0. The Bertz CT molecular complexity index is 13.7. The van der Waals surface area contributed by atoms with Gasteiger partial charge in [0, 0.05) is 0 Å². The van der Waals surface area contributed by atoms with Crippen LogP contribution in [0.25, 0.3) is 0 Å². The summed E-state index contributed by atoms with van der Waals surface area (Å²) in [6.07, 6.45) is 2.28. The number of hydrogen-bond acceptors (Lipinski definition) is 0. The van der Waals surface area contributed by atoms with Crippen molar-refractivity contribution in [1.82, 2.24) is 0 Å². The fourth-order valence-electron chi connectivity index (χ4n) is 0. The molecule has 0 aliphatic carbocycles. The van der Waals surface area contributed by atoms with E-state index >= 15 is 0 Å². The average Bonchev–Trinajstić information content (AvgIpc) is 1.37. The van der Waals surface area contributed by atoms with Gasteiger partial charge in [-0.3, -0.25) is 0 Å². The quantitative estimate of drug-likeness (QED) is 0.275. The molecule has 7 heavy (non-hydrogen) atoms. The zero-order valence-electron chi connectivity index (χ0n) is 4.21. The smallest absolute Gasteiger partial charge is 1.00 e. The molecule has 0 saturated heterocycles. The molecule has 0 rings (SSSR count). The molecular weight excluding hydrogens is 135 g/mol. The standard InChI is InChI=1S/C4H9.Al.ClH.Mg.3H/c1-3-4-2;;;;;;/h1,3-4H2,2H3;;1H;;;;/q-1;;;+2;;;/p-1. The van der Waals surface area contributed by atoms with Gasteiger partial charge in [-0.25, -0.2) is 0 Å². The van der Waals surface area contributed by atoms with E-state index in [2.05, 4.69) is 13.8 Å². The molecule has 0 bridgehead atoms. The minimum Gasteiger partial charge on any atom is -1.00 e. The summed E-state index contributed by atoms with van der Waals surface area (Å²) in [6, 6.07) is 0. The summed E-state index contributed by atoms with van der Waals surface area (Å²) in [6.45, 7) is 5.72. The van der Waals surface area contributed by atoms with E-state index < -0.39 is 0 Å². The van der Waals surface area contributed by atoms with Gasteiger partial charge in [-0.1, -0.05) is 13.3 Å². The van der Waals surface area contributed by atoms with Crippen molar-refractivity contribution >= 4 is 40.4 Å². The molecule has 3 heteroatoms. The molecule has 0 aromatic heterocycles. The molecule has 0 N–H and O–H groups in total. The third-order valence-corrected chi connectivity index (χ3v) is 0.354. The van der Waals surface area contributed by atoms with E-state index in [1.54, 1.807) is 0 Å². The number of hydrogen-bond donors (Lipinski definition) is 0. The van der Waals surface area contributed by atoms with Crippen LogP contribution in [0.15, 0.2) is 0 Å². The van der Waals surface area contributed by atoms with Crippen LogP contribution in [0, 0.1) is 6.92 Å². The molecule has 0 aromatic rings. The molecule has 0 spiro atoms. The molecular formula is C4H12AlClMg. The third kappa shape index (κ3) is 35.4. The molecule has 0 fully saturated rings. The maximum absolute atomic E-state index is 3.60. The Kier molecular flexibility index (Phi) is 85.8. The fourth-order valence-corrected chi connectivity index (χ4v) is 0. The monoisotopic (exact) mass is 146 g/mol. The summed E-state index contributed by atoms with van der Waals surface area (Å²) in [5.74, 6) is 0. The van der Waals surface area contributed by atoms with E-state index in [0.717, 1.165) is 6.42 Å². The van der Waals surface area contributed by atoms with Crippen molar-refractivity contribution < 1.29 is 12.4 Å². The van der Waals surface area contributed by atoms with E-state index in [9.17, 15) is 0 Å². The summed E-state index contributed by atoms with van der Waals surface area (Å²) in [5, 5.41) is 0. The fraction of sp³-hybridized carbons (Fsp3) is 0.750. The summed E-state index contributed by atoms with van der Waals surface area (Å²) in [4.78, 5) is 0. The molecule has 0 unspecified atom stereocenters. The van der Waals surface area contributed by atoms with Gasteiger partial charge >= 0.3 is 23.1 Å². The van der Waals surface area contributed by atoms with Gasteiger partial charge in [-0.15, -0.1) is 0 Å². The molecule has 0 nitrogen and oxygen atoms in total. The van der Waals surface area contributed by atoms with Gasteiger partial charge in [0.15, 0.2) is 17.4 Å². The van der Waals surface area contributed by atoms with Crippen LogP contribution >= 0.6 is 0 Å². The zero-order valence-corrected chi connectivity index (χ0v) is 6.38. The largest absolute Gasteiger partial charge is 2.00 e. The molecule has 0 amide bonds. The van der Waals surface area contributed by atoms with Crippen LogP contribution in [-0.4, -0.2) is 40.4 Å². The van der Waals surface area contributed by atoms with Gasteiger partial charge in [0.2, 0.25) is 0 Å². The molecule has 0 aliphatic rings. The Morgan fingerprint density at radius 2 is 1.57 bits per heavy atom. The summed E-state index contributed by atoms with van der Waals surface area (Å²) < 4.78 is 0. The first-order valence-electron chi connectivity index (χ1n) is 1.71. The van der Waals surface area contributed by atoms with Crippen LogP contribution < -0.4 is 12.4 Å². The number of halogens is 1. The summed E-state index contributed by atoms with van der Waals surface area (Å²) in [5.41, 5.74) is 0. The molecule has 0 atom stereocenters. The molecule has 0 radical (unpaired) electrons. The Morgan fingerprint density at radius 3 is 1.57 bits per heavy atom. The molecule has 0 heterocycles. The van der Waals surface area contributed by atoms with Crippen LogP contribution in [0.5, 0.6) is 0 Å². The maximum atomic E-state index is 3.60. The van der Waals surface area contributed by atoms with E-state index in [1.807, 2.05) is 0 Å². The Morgan fingerprint density at radius 1 is 1.43 bits per heavy atom. The van der Waals surface area contributed by atoms with Crippen molar-refractivity contribution in [2.45, 2.75) is 19.8 Å². The second kappa shape index (κ2) is 25.6. The van der Waals surface area contributed by atoms with Gasteiger partial charge in [-0.2, -0.15) is 6.42 Å². The first kappa shape index (κ1) is 23.5. The zero-order chi connectivity index (χ0) is 3.41. The minimum atomic E-state index is 0. The van der Waals surface area contributed by atoms with E-state index in [-0.39, 0.29) is 52.8 Å². The van der Waals surface area contributed by atoms with Crippen LogP contribution in [-0.2, 0) is 0 Å². The molecule has 0 aromatic carbocycles. The average molecular weight is 147 g/mol. The predicted molar refractivity (Wildman–Crippen MR) is 36.0 cm³/mol. The van der Waals surface area contributed by atoms with E-state index in [1.165, 1.54) is 6.42 Å². The van der Waals surface area contributed by atoms with E-state index in [0.29, 0.717) is 0 Å². The SMILES string of the molecule is [AlH3].[CH2-]CCC.[Cl-].[Mg+2]. The van der Waals surface area contributed by atoms with Crippen molar-refractivity contribution in [3.05, 3.63) is 6.92 Å². The van der Waals surface area contributed by atoms with Gasteiger partial charge in [0.05, 0.1) is 0 Å². The third-order valence-electron chi connectivity index (χ3n) is 0.354. The molecule has 0 aliphatic heterocycles. The number of unbranched alkanes of at least 4 members (excludes halogenated alkanes) is 1. The van der Waals surface area contributed by atoms with Crippen molar-refractivity contribution in [2.75, 3.05) is 0 Å². The van der Waals surface area contributed by atoms with Crippen LogP contribution in [0.2, 0.25) is 0 Å². The first-order chi connectivity index (χ1) is 1.91. The van der Waals surface area contributed by atoms with Crippen LogP contribution in [0.3, 0.4) is 0 Å². The maximum Gasteiger partial charge on any atom is 2.00 e. The van der Waals surface area contributed by atoms with Gasteiger partial charge in [-0.05, 0) is 0 Å². The number of rotatable bonds is 1. The predicted octanol–water partition coefficient (Wildman–Crippen LogP) is -2.94. The van der Waals surface area contributed by atoms with Crippen LogP contribution in [0.4, 0.5) is 0 Å². The van der Waals surface area contributed by atoms with Crippen molar-refractivity contribution in [3.8, 4) is 0 Å². The van der Waals surface area contributed by atoms with Crippen molar-refractivity contribution in [2.24, 2.45) is 0 Å². The molecule has 0 saturated carbocycles. The van der Waals surface area contributed by atoms with Crippen molar-refractivity contribution in [1.29, 1.82) is 0 Å². The molecule has 40 valence electrons. The topological polar surface area (TPSA) is 0 Å². The van der Waals surface area contributed by atoms with Gasteiger partial charge in [0.1, 0.15) is 0 Å². The van der Waals surface area contributed by atoms with Crippen LogP contribution in [0.1, 0.15) is 19.8 Å².